The number of benzene rings is 3. The minimum absolute atomic E-state index is 0.126. The molecule has 2 heterocycles. The van der Waals surface area contributed by atoms with E-state index in [-0.39, 0.29) is 11.9 Å². The number of hydrogen-bond donors (Lipinski definition) is 2. The van der Waals surface area contributed by atoms with E-state index < -0.39 is 5.25 Å². The molecule has 0 unspecified atom stereocenters. The van der Waals surface area contributed by atoms with E-state index in [1.165, 1.54) is 11.8 Å². The highest BCUT2D eigenvalue weighted by Gasteiger charge is 2.38. The SMILES string of the molecule is Cc1ccc([C@@H]2Nn3c(nnc3-c3ccccc3)S[C@H]2C(=O)Nc2cccc(Cl)c2C)cc1. The molecule has 166 valence electrons. The molecule has 1 aliphatic rings. The lowest BCUT2D eigenvalue weighted by atomic mass is 10.0. The van der Waals surface area contributed by atoms with Gasteiger partial charge in [-0.15, -0.1) is 10.2 Å². The van der Waals surface area contributed by atoms with Gasteiger partial charge in [-0.3, -0.25) is 4.79 Å². The number of fused-ring (bicyclic) bond motifs is 1. The highest BCUT2D eigenvalue weighted by atomic mass is 35.5. The van der Waals surface area contributed by atoms with Gasteiger partial charge in [-0.05, 0) is 37.1 Å². The third kappa shape index (κ3) is 4.21. The van der Waals surface area contributed by atoms with E-state index in [0.717, 1.165) is 22.3 Å². The number of aromatic nitrogens is 3. The molecule has 0 aliphatic carbocycles. The van der Waals surface area contributed by atoms with Crippen molar-refractivity contribution < 1.29 is 4.79 Å². The topological polar surface area (TPSA) is 71.8 Å². The van der Waals surface area contributed by atoms with Crippen LogP contribution in [0, 0.1) is 13.8 Å². The summed E-state index contributed by atoms with van der Waals surface area (Å²) in [5.41, 5.74) is 8.16. The van der Waals surface area contributed by atoms with Crippen LogP contribution in [0.1, 0.15) is 22.7 Å². The van der Waals surface area contributed by atoms with E-state index in [4.69, 9.17) is 11.6 Å². The average Bonchev–Trinajstić information content (AvgIpc) is 3.25. The summed E-state index contributed by atoms with van der Waals surface area (Å²) in [5.74, 6) is 0.582. The molecule has 4 aromatic rings. The monoisotopic (exact) mass is 475 g/mol. The van der Waals surface area contributed by atoms with Gasteiger partial charge in [-0.2, -0.15) is 0 Å². The normalized spacial score (nSPS) is 17.2. The summed E-state index contributed by atoms with van der Waals surface area (Å²) in [6.07, 6.45) is 0. The zero-order chi connectivity index (χ0) is 22.9. The van der Waals surface area contributed by atoms with E-state index >= 15 is 0 Å². The quantitative estimate of drug-likeness (QED) is 0.401. The Kier molecular flexibility index (Phi) is 5.83. The van der Waals surface area contributed by atoms with Crippen LogP contribution in [0.2, 0.25) is 5.02 Å². The Hall–Kier alpha value is -3.29. The summed E-state index contributed by atoms with van der Waals surface area (Å²) in [5, 5.41) is 12.6. The molecule has 0 saturated heterocycles. The van der Waals surface area contributed by atoms with Crippen LogP contribution in [0.25, 0.3) is 11.4 Å². The van der Waals surface area contributed by atoms with Crippen molar-refractivity contribution >= 4 is 35.0 Å². The van der Waals surface area contributed by atoms with Gasteiger partial charge < -0.3 is 10.7 Å². The van der Waals surface area contributed by atoms with Gasteiger partial charge in [0.1, 0.15) is 5.25 Å². The summed E-state index contributed by atoms with van der Waals surface area (Å²) in [6.45, 7) is 3.94. The third-order valence-electron chi connectivity index (χ3n) is 5.69. The molecule has 1 amide bonds. The summed E-state index contributed by atoms with van der Waals surface area (Å²) in [4.78, 5) is 13.5. The van der Waals surface area contributed by atoms with Crippen molar-refractivity contribution in [1.82, 2.24) is 14.9 Å². The van der Waals surface area contributed by atoms with E-state index in [1.807, 2.05) is 67.1 Å². The number of rotatable bonds is 4. The molecule has 5 rings (SSSR count). The lowest BCUT2D eigenvalue weighted by Crippen LogP contribution is -2.41. The molecular weight excluding hydrogens is 454 g/mol. The van der Waals surface area contributed by atoms with Crippen LogP contribution in [-0.4, -0.2) is 26.0 Å². The number of carbonyl (C=O) groups is 1. The number of thioether (sulfide) groups is 1. The Morgan fingerprint density at radius 1 is 1.00 bits per heavy atom. The summed E-state index contributed by atoms with van der Waals surface area (Å²) >= 11 is 7.66. The zero-order valence-electron chi connectivity index (χ0n) is 18.1. The van der Waals surface area contributed by atoms with E-state index in [9.17, 15) is 4.79 Å². The molecule has 2 atom stereocenters. The number of nitrogens with zero attached hydrogens (tertiary/aromatic N) is 3. The second-order valence-corrected chi connectivity index (χ2v) is 9.48. The van der Waals surface area contributed by atoms with E-state index in [1.54, 1.807) is 0 Å². The largest absolute Gasteiger partial charge is 0.325 e. The number of aryl methyl sites for hydroxylation is 1. The molecule has 2 N–H and O–H groups in total. The van der Waals surface area contributed by atoms with Crippen LogP contribution in [0.5, 0.6) is 0 Å². The predicted molar refractivity (Wildman–Crippen MR) is 133 cm³/mol. The molecule has 1 aromatic heterocycles. The molecule has 8 heteroatoms. The van der Waals surface area contributed by atoms with E-state index in [0.29, 0.717) is 21.7 Å². The average molecular weight is 476 g/mol. The smallest absolute Gasteiger partial charge is 0.240 e. The third-order valence-corrected chi connectivity index (χ3v) is 7.31. The predicted octanol–water partition coefficient (Wildman–Crippen LogP) is 5.61. The van der Waals surface area contributed by atoms with Crippen molar-refractivity contribution in [3.63, 3.8) is 0 Å². The van der Waals surface area contributed by atoms with Crippen LogP contribution in [0.4, 0.5) is 5.69 Å². The minimum atomic E-state index is -0.466. The Bertz CT molecular complexity index is 1310. The summed E-state index contributed by atoms with van der Waals surface area (Å²) in [6, 6.07) is 23.3. The fourth-order valence-electron chi connectivity index (χ4n) is 3.80. The number of nitrogens with one attached hydrogen (secondary N) is 2. The van der Waals surface area contributed by atoms with Crippen LogP contribution in [-0.2, 0) is 4.79 Å². The van der Waals surface area contributed by atoms with Gasteiger partial charge in [0.25, 0.3) is 0 Å². The number of anilines is 1. The summed E-state index contributed by atoms with van der Waals surface area (Å²) < 4.78 is 1.87. The minimum Gasteiger partial charge on any atom is -0.325 e. The molecule has 33 heavy (non-hydrogen) atoms. The maximum atomic E-state index is 13.5. The molecule has 0 saturated carbocycles. The lowest BCUT2D eigenvalue weighted by molar-refractivity contribution is -0.116. The van der Waals surface area contributed by atoms with Gasteiger partial charge in [0.2, 0.25) is 11.1 Å². The Morgan fingerprint density at radius 3 is 2.52 bits per heavy atom. The number of carbonyl (C=O) groups excluding carboxylic acids is 1. The van der Waals surface area contributed by atoms with Crippen molar-refractivity contribution in [1.29, 1.82) is 0 Å². The standard InChI is InChI=1S/C25H22ClN5OS/c1-15-11-13-17(14-12-15)21-22(24(32)27-20-10-6-9-19(26)16(20)2)33-25-29-28-23(31(25)30-21)18-7-4-3-5-8-18/h3-14,21-22,30H,1-2H3,(H,27,32)/t21-,22+/m0/s1. The van der Waals surface area contributed by atoms with Gasteiger partial charge in [0.15, 0.2) is 5.82 Å². The molecule has 1 aliphatic heterocycles. The van der Waals surface area contributed by atoms with Gasteiger partial charge in [0, 0.05) is 16.3 Å². The van der Waals surface area contributed by atoms with Crippen molar-refractivity contribution in [3.05, 3.63) is 94.5 Å². The maximum Gasteiger partial charge on any atom is 0.240 e. The zero-order valence-corrected chi connectivity index (χ0v) is 19.7. The second kappa shape index (κ2) is 8.92. The first kappa shape index (κ1) is 21.6. The fourth-order valence-corrected chi connectivity index (χ4v) is 5.05. The first-order valence-corrected chi connectivity index (χ1v) is 11.8. The van der Waals surface area contributed by atoms with Crippen molar-refractivity contribution in [2.45, 2.75) is 30.3 Å². The second-order valence-electron chi connectivity index (χ2n) is 7.97. The first-order valence-electron chi connectivity index (χ1n) is 10.6. The van der Waals surface area contributed by atoms with Crippen molar-refractivity contribution in [3.8, 4) is 11.4 Å². The fraction of sp³-hybridized carbons (Fsp3) is 0.160. The van der Waals surface area contributed by atoms with Crippen LogP contribution < -0.4 is 10.7 Å². The lowest BCUT2D eigenvalue weighted by Gasteiger charge is -2.33. The number of halogens is 1. The highest BCUT2D eigenvalue weighted by Crippen LogP contribution is 2.39. The molecule has 3 aromatic carbocycles. The summed E-state index contributed by atoms with van der Waals surface area (Å²) in [7, 11) is 0. The molecule has 0 bridgehead atoms. The van der Waals surface area contributed by atoms with Gasteiger partial charge in [-0.1, -0.05) is 89.6 Å². The van der Waals surface area contributed by atoms with Crippen LogP contribution in [0.3, 0.4) is 0 Å². The molecular formula is C25H22ClN5OS. The van der Waals surface area contributed by atoms with Crippen LogP contribution >= 0.6 is 23.4 Å². The van der Waals surface area contributed by atoms with Gasteiger partial charge >= 0.3 is 0 Å². The Balaban J connectivity index is 1.52. The molecule has 0 spiro atoms. The molecule has 0 radical (unpaired) electrons. The van der Waals surface area contributed by atoms with Gasteiger partial charge in [0.05, 0.1) is 6.04 Å². The number of amides is 1. The first-order chi connectivity index (χ1) is 16.0. The van der Waals surface area contributed by atoms with Gasteiger partial charge in [-0.25, -0.2) is 4.68 Å². The van der Waals surface area contributed by atoms with Crippen LogP contribution in [0.15, 0.2) is 78.0 Å². The van der Waals surface area contributed by atoms with Crippen molar-refractivity contribution in [2.75, 3.05) is 10.7 Å². The molecule has 6 nitrogen and oxygen atoms in total. The molecule has 0 fully saturated rings. The Morgan fingerprint density at radius 2 is 1.76 bits per heavy atom. The maximum absolute atomic E-state index is 13.5. The Labute approximate surface area is 201 Å². The highest BCUT2D eigenvalue weighted by molar-refractivity contribution is 8.00. The number of hydrogen-bond acceptors (Lipinski definition) is 5. The van der Waals surface area contributed by atoms with E-state index in [2.05, 4.69) is 45.2 Å². The van der Waals surface area contributed by atoms with Crippen molar-refractivity contribution in [2.24, 2.45) is 0 Å².